The minimum Gasteiger partial charge on any atom is -0.310 e. The summed E-state index contributed by atoms with van der Waals surface area (Å²) in [5.41, 5.74) is 3.16. The van der Waals surface area contributed by atoms with E-state index in [9.17, 15) is 9.59 Å². The van der Waals surface area contributed by atoms with Crippen LogP contribution < -0.4 is 10.7 Å². The fraction of sp³-hybridized carbons (Fsp3) is 0.125. The van der Waals surface area contributed by atoms with Crippen molar-refractivity contribution in [2.24, 2.45) is 5.10 Å². The van der Waals surface area contributed by atoms with Crippen molar-refractivity contribution in [2.45, 2.75) is 13.3 Å². The summed E-state index contributed by atoms with van der Waals surface area (Å²) in [5.74, 6) is -0.234. The Morgan fingerprint density at radius 3 is 2.61 bits per heavy atom. The number of aromatic nitrogens is 1. The molecule has 0 fully saturated rings. The number of carbonyl (C=O) groups excluding carboxylic acids is 2. The number of benzene rings is 1. The van der Waals surface area contributed by atoms with Gasteiger partial charge in [-0.05, 0) is 31.2 Å². The summed E-state index contributed by atoms with van der Waals surface area (Å²) in [6.45, 7) is 1.64. The fourth-order valence-electron chi connectivity index (χ4n) is 1.75. The van der Waals surface area contributed by atoms with E-state index in [1.807, 2.05) is 0 Å². The van der Waals surface area contributed by atoms with Gasteiger partial charge in [0.1, 0.15) is 5.82 Å². The van der Waals surface area contributed by atoms with Crippen LogP contribution in [0.2, 0.25) is 5.02 Å². The van der Waals surface area contributed by atoms with Crippen molar-refractivity contribution in [1.82, 2.24) is 10.4 Å². The van der Waals surface area contributed by atoms with Crippen molar-refractivity contribution in [3.63, 3.8) is 0 Å². The van der Waals surface area contributed by atoms with Gasteiger partial charge in [0.25, 0.3) is 5.91 Å². The van der Waals surface area contributed by atoms with E-state index in [0.717, 1.165) is 0 Å². The molecule has 0 saturated heterocycles. The first-order valence-electron chi connectivity index (χ1n) is 6.85. The standard InChI is InChI=1S/C16H15ClN4O2/c1-11(10-15(22)19-14-8-4-5-9-18-14)20-21-16(23)12-6-2-3-7-13(12)17/h2-9H,10H2,1H3,(H,21,23)(H,18,19,22)/b20-11-. The van der Waals surface area contributed by atoms with Crippen LogP contribution in [-0.4, -0.2) is 22.5 Å². The monoisotopic (exact) mass is 330 g/mol. The number of hydrazone groups is 1. The van der Waals surface area contributed by atoms with E-state index >= 15 is 0 Å². The number of pyridine rings is 1. The van der Waals surface area contributed by atoms with Gasteiger partial charge >= 0.3 is 0 Å². The van der Waals surface area contributed by atoms with Crippen molar-refractivity contribution < 1.29 is 9.59 Å². The Bertz CT molecular complexity index is 732. The highest BCUT2D eigenvalue weighted by Crippen LogP contribution is 2.14. The molecule has 0 saturated carbocycles. The molecule has 0 aliphatic carbocycles. The quantitative estimate of drug-likeness (QED) is 0.653. The van der Waals surface area contributed by atoms with Gasteiger partial charge in [-0.25, -0.2) is 10.4 Å². The number of anilines is 1. The van der Waals surface area contributed by atoms with Gasteiger partial charge in [-0.15, -0.1) is 0 Å². The lowest BCUT2D eigenvalue weighted by Gasteiger charge is -2.05. The van der Waals surface area contributed by atoms with Crippen molar-refractivity contribution in [3.8, 4) is 0 Å². The normalized spacial score (nSPS) is 11.0. The molecule has 2 amide bonds. The Morgan fingerprint density at radius 1 is 1.17 bits per heavy atom. The Hall–Kier alpha value is -2.73. The largest absolute Gasteiger partial charge is 0.310 e. The number of rotatable bonds is 5. The van der Waals surface area contributed by atoms with Gasteiger partial charge in [0.2, 0.25) is 5.91 Å². The van der Waals surface area contributed by atoms with Crippen LogP contribution >= 0.6 is 11.6 Å². The second-order valence-electron chi connectivity index (χ2n) is 4.71. The average molecular weight is 331 g/mol. The second kappa shape index (κ2) is 8.05. The number of nitrogens with one attached hydrogen (secondary N) is 2. The number of amides is 2. The van der Waals surface area contributed by atoms with Gasteiger partial charge in [0.15, 0.2) is 0 Å². The van der Waals surface area contributed by atoms with Crippen LogP contribution in [0.4, 0.5) is 5.82 Å². The topological polar surface area (TPSA) is 83.4 Å². The number of hydrogen-bond acceptors (Lipinski definition) is 4. The molecule has 0 aliphatic rings. The van der Waals surface area contributed by atoms with E-state index in [2.05, 4.69) is 20.8 Å². The average Bonchev–Trinajstić information content (AvgIpc) is 2.54. The van der Waals surface area contributed by atoms with Gasteiger partial charge in [0, 0.05) is 11.9 Å². The van der Waals surface area contributed by atoms with E-state index in [1.165, 1.54) is 0 Å². The molecule has 2 aromatic rings. The molecule has 6 nitrogen and oxygen atoms in total. The summed E-state index contributed by atoms with van der Waals surface area (Å²) < 4.78 is 0. The SMILES string of the molecule is C/C(CC(=O)Nc1ccccn1)=N/NC(=O)c1ccccc1Cl. The zero-order valence-corrected chi connectivity index (χ0v) is 13.2. The zero-order chi connectivity index (χ0) is 16.7. The molecular weight excluding hydrogens is 316 g/mol. The highest BCUT2D eigenvalue weighted by atomic mass is 35.5. The Morgan fingerprint density at radius 2 is 1.91 bits per heavy atom. The summed E-state index contributed by atoms with van der Waals surface area (Å²) in [6.07, 6.45) is 1.62. The summed E-state index contributed by atoms with van der Waals surface area (Å²) in [6, 6.07) is 11.9. The van der Waals surface area contributed by atoms with E-state index in [1.54, 1.807) is 55.6 Å². The third-order valence-electron chi connectivity index (χ3n) is 2.82. The molecule has 0 atom stereocenters. The number of hydrogen-bond donors (Lipinski definition) is 2. The minimum absolute atomic E-state index is 0.0410. The molecule has 23 heavy (non-hydrogen) atoms. The lowest BCUT2D eigenvalue weighted by atomic mass is 10.2. The molecule has 1 heterocycles. The molecule has 2 rings (SSSR count). The first-order chi connectivity index (χ1) is 11.1. The first kappa shape index (κ1) is 16.6. The molecule has 1 aromatic carbocycles. The number of halogens is 1. The van der Waals surface area contributed by atoms with E-state index in [0.29, 0.717) is 22.1 Å². The smallest absolute Gasteiger partial charge is 0.272 e. The van der Waals surface area contributed by atoms with Gasteiger partial charge in [0.05, 0.1) is 17.0 Å². The third kappa shape index (κ3) is 5.19. The van der Waals surface area contributed by atoms with Crippen LogP contribution in [0.25, 0.3) is 0 Å². The highest BCUT2D eigenvalue weighted by molar-refractivity contribution is 6.33. The van der Waals surface area contributed by atoms with Crippen molar-refractivity contribution in [3.05, 3.63) is 59.2 Å². The third-order valence-corrected chi connectivity index (χ3v) is 3.15. The van der Waals surface area contributed by atoms with E-state index in [4.69, 9.17) is 11.6 Å². The predicted octanol–water partition coefficient (Wildman–Crippen LogP) is 2.87. The lowest BCUT2D eigenvalue weighted by Crippen LogP contribution is -2.21. The van der Waals surface area contributed by atoms with Crippen LogP contribution in [0, 0.1) is 0 Å². The molecule has 0 aliphatic heterocycles. The van der Waals surface area contributed by atoms with Crippen molar-refractivity contribution in [2.75, 3.05) is 5.32 Å². The predicted molar refractivity (Wildman–Crippen MR) is 89.5 cm³/mol. The Kier molecular flexibility index (Phi) is 5.82. The Labute approximate surface area is 138 Å². The maximum absolute atomic E-state index is 11.9. The first-order valence-corrected chi connectivity index (χ1v) is 7.23. The summed E-state index contributed by atoms with van der Waals surface area (Å²) >= 11 is 5.93. The maximum atomic E-state index is 11.9. The van der Waals surface area contributed by atoms with E-state index in [-0.39, 0.29) is 12.3 Å². The molecule has 0 radical (unpaired) electrons. The zero-order valence-electron chi connectivity index (χ0n) is 12.4. The van der Waals surface area contributed by atoms with E-state index < -0.39 is 5.91 Å². The summed E-state index contributed by atoms with van der Waals surface area (Å²) in [7, 11) is 0. The van der Waals surface area contributed by atoms with Crippen LogP contribution in [0.3, 0.4) is 0 Å². The van der Waals surface area contributed by atoms with Gasteiger partial charge < -0.3 is 5.32 Å². The molecule has 0 spiro atoms. The highest BCUT2D eigenvalue weighted by Gasteiger charge is 2.09. The van der Waals surface area contributed by atoms with Crippen molar-refractivity contribution >= 4 is 34.9 Å². The van der Waals surface area contributed by atoms with Gasteiger partial charge in [-0.1, -0.05) is 29.8 Å². The summed E-state index contributed by atoms with van der Waals surface area (Å²) in [4.78, 5) is 27.8. The second-order valence-corrected chi connectivity index (χ2v) is 5.11. The fourth-order valence-corrected chi connectivity index (χ4v) is 1.97. The van der Waals surface area contributed by atoms with Gasteiger partial charge in [-0.3, -0.25) is 9.59 Å². The molecule has 118 valence electrons. The van der Waals surface area contributed by atoms with Crippen LogP contribution in [0.15, 0.2) is 53.8 Å². The molecular formula is C16H15ClN4O2. The number of nitrogens with zero attached hydrogens (tertiary/aromatic N) is 2. The van der Waals surface area contributed by atoms with Crippen LogP contribution in [-0.2, 0) is 4.79 Å². The lowest BCUT2D eigenvalue weighted by molar-refractivity contribution is -0.115. The molecule has 0 bridgehead atoms. The van der Waals surface area contributed by atoms with Crippen LogP contribution in [0.1, 0.15) is 23.7 Å². The molecule has 1 aromatic heterocycles. The molecule has 7 heteroatoms. The van der Waals surface area contributed by atoms with Crippen molar-refractivity contribution in [1.29, 1.82) is 0 Å². The maximum Gasteiger partial charge on any atom is 0.272 e. The minimum atomic E-state index is -0.430. The van der Waals surface area contributed by atoms with Gasteiger partial charge in [-0.2, -0.15) is 5.10 Å². The number of carbonyl (C=O) groups is 2. The molecule has 2 N–H and O–H groups in total. The molecule has 0 unspecified atom stereocenters. The van der Waals surface area contributed by atoms with Crippen LogP contribution in [0.5, 0.6) is 0 Å². The summed E-state index contributed by atoms with van der Waals surface area (Å²) in [5, 5.41) is 6.88. The Balaban J connectivity index is 1.89.